The smallest absolute Gasteiger partial charge is 0.272 e. The molecule has 0 atom stereocenters. The number of aromatic nitrogens is 2. The minimum Gasteiger partial charge on any atom is -0.332 e. The van der Waals surface area contributed by atoms with Crippen LogP contribution in [-0.2, 0) is 0 Å². The Morgan fingerprint density at radius 2 is 1.83 bits per heavy atom. The van der Waals surface area contributed by atoms with Crippen LogP contribution in [0.3, 0.4) is 0 Å². The van der Waals surface area contributed by atoms with Gasteiger partial charge in [0.2, 0.25) is 0 Å². The Hall–Kier alpha value is -2.71. The van der Waals surface area contributed by atoms with Gasteiger partial charge < -0.3 is 10.6 Å². The maximum atomic E-state index is 13.4. The molecule has 0 bridgehead atoms. The molecule has 24 heavy (non-hydrogen) atoms. The number of nitrogens with one attached hydrogen (secondary N) is 4. The Morgan fingerprint density at radius 3 is 2.58 bits per heavy atom. The highest BCUT2D eigenvalue weighted by Crippen LogP contribution is 2.20. The topological polar surface area (TPSA) is 89.8 Å². The number of halogens is 2. The van der Waals surface area contributed by atoms with E-state index in [9.17, 15) is 14.0 Å². The van der Waals surface area contributed by atoms with E-state index >= 15 is 0 Å². The lowest BCUT2D eigenvalue weighted by molar-refractivity contribution is 0.629. The number of anilines is 2. The molecule has 1 heterocycles. The Balaban J connectivity index is 1.91. The minimum atomic E-state index is -0.586. The van der Waals surface area contributed by atoms with Gasteiger partial charge in [-0.3, -0.25) is 19.8 Å². The first-order valence-electron chi connectivity index (χ1n) is 6.72. The Bertz CT molecular complexity index is 1060. The van der Waals surface area contributed by atoms with Crippen molar-refractivity contribution in [2.45, 2.75) is 0 Å². The van der Waals surface area contributed by atoms with E-state index in [1.165, 1.54) is 18.2 Å². The molecule has 3 rings (SSSR count). The Morgan fingerprint density at radius 1 is 1.08 bits per heavy atom. The van der Waals surface area contributed by atoms with Gasteiger partial charge in [0, 0.05) is 5.69 Å². The molecular formula is C15H10ClFN4O2S. The third-order valence-electron chi connectivity index (χ3n) is 3.25. The van der Waals surface area contributed by atoms with E-state index in [1.54, 1.807) is 18.2 Å². The van der Waals surface area contributed by atoms with Crippen molar-refractivity contribution in [3.05, 3.63) is 67.9 Å². The van der Waals surface area contributed by atoms with Gasteiger partial charge in [0.1, 0.15) is 5.82 Å². The number of aromatic amines is 2. The number of H-pyrrole nitrogens is 2. The van der Waals surface area contributed by atoms with Gasteiger partial charge in [-0.15, -0.1) is 0 Å². The second-order valence-electron chi connectivity index (χ2n) is 4.84. The predicted molar refractivity (Wildman–Crippen MR) is 96.4 cm³/mol. The van der Waals surface area contributed by atoms with Crippen molar-refractivity contribution in [1.29, 1.82) is 0 Å². The molecule has 0 aliphatic carbocycles. The van der Waals surface area contributed by atoms with E-state index in [1.807, 2.05) is 0 Å². The van der Waals surface area contributed by atoms with Gasteiger partial charge in [-0.1, -0.05) is 17.7 Å². The second-order valence-corrected chi connectivity index (χ2v) is 5.66. The number of rotatable bonds is 2. The lowest BCUT2D eigenvalue weighted by atomic mass is 10.1. The molecule has 0 radical (unpaired) electrons. The number of thiocarbonyl (C=S) groups is 1. The maximum Gasteiger partial charge on any atom is 0.272 e. The Kier molecular flexibility index (Phi) is 4.32. The van der Waals surface area contributed by atoms with Crippen LogP contribution in [0.25, 0.3) is 10.8 Å². The van der Waals surface area contributed by atoms with Crippen LogP contribution in [0, 0.1) is 5.82 Å². The first-order chi connectivity index (χ1) is 11.5. The molecule has 0 aliphatic heterocycles. The zero-order valence-corrected chi connectivity index (χ0v) is 13.5. The van der Waals surface area contributed by atoms with Crippen LogP contribution in [0.15, 0.2) is 46.0 Å². The molecule has 6 nitrogen and oxygen atoms in total. The van der Waals surface area contributed by atoms with Crippen molar-refractivity contribution in [2.24, 2.45) is 0 Å². The molecule has 0 saturated carbocycles. The first-order valence-corrected chi connectivity index (χ1v) is 7.51. The molecule has 2 aromatic carbocycles. The van der Waals surface area contributed by atoms with Crippen molar-refractivity contribution in [1.82, 2.24) is 10.2 Å². The molecule has 4 N–H and O–H groups in total. The lowest BCUT2D eigenvalue weighted by Crippen LogP contribution is -2.23. The third-order valence-corrected chi connectivity index (χ3v) is 3.76. The fourth-order valence-electron chi connectivity index (χ4n) is 2.19. The van der Waals surface area contributed by atoms with Crippen molar-refractivity contribution < 1.29 is 4.39 Å². The van der Waals surface area contributed by atoms with Crippen molar-refractivity contribution >= 4 is 51.1 Å². The van der Waals surface area contributed by atoms with Crippen LogP contribution >= 0.6 is 23.8 Å². The number of fused-ring (bicyclic) bond motifs is 1. The molecule has 0 spiro atoms. The van der Waals surface area contributed by atoms with Gasteiger partial charge >= 0.3 is 0 Å². The highest BCUT2D eigenvalue weighted by atomic mass is 35.5. The average Bonchev–Trinajstić information content (AvgIpc) is 2.54. The van der Waals surface area contributed by atoms with Gasteiger partial charge in [-0.2, -0.15) is 0 Å². The summed E-state index contributed by atoms with van der Waals surface area (Å²) in [7, 11) is 0. The molecule has 0 aliphatic rings. The maximum absolute atomic E-state index is 13.4. The standard InChI is InChI=1S/C15H10ClFN4O2S/c16-9-5-4-7(6-10(9)17)18-15(24)19-11-3-1-2-8-12(11)14(23)21-20-13(8)22/h1-6H,(H,20,22)(H,21,23)(H2,18,19,24). The van der Waals surface area contributed by atoms with Gasteiger partial charge in [0.15, 0.2) is 5.11 Å². The van der Waals surface area contributed by atoms with Crippen LogP contribution in [0.2, 0.25) is 5.02 Å². The lowest BCUT2D eigenvalue weighted by Gasteiger charge is -2.12. The molecule has 122 valence electrons. The summed E-state index contributed by atoms with van der Waals surface area (Å²) < 4.78 is 13.4. The van der Waals surface area contributed by atoms with Gasteiger partial charge in [0.25, 0.3) is 11.1 Å². The summed E-state index contributed by atoms with van der Waals surface area (Å²) in [6, 6.07) is 8.89. The van der Waals surface area contributed by atoms with Crippen LogP contribution in [-0.4, -0.2) is 15.3 Å². The second kappa shape index (κ2) is 6.42. The quantitative estimate of drug-likeness (QED) is 0.525. The largest absolute Gasteiger partial charge is 0.332 e. The minimum absolute atomic E-state index is 0.000704. The number of hydrogen-bond acceptors (Lipinski definition) is 3. The predicted octanol–water partition coefficient (Wildman–Crippen LogP) is 2.82. The van der Waals surface area contributed by atoms with E-state index in [-0.39, 0.29) is 20.9 Å². The first kappa shape index (κ1) is 16.2. The fraction of sp³-hybridized carbons (Fsp3) is 0. The molecule has 0 fully saturated rings. The van der Waals surface area contributed by atoms with Crippen LogP contribution in [0.4, 0.5) is 15.8 Å². The zero-order chi connectivity index (χ0) is 17.3. The van der Waals surface area contributed by atoms with Gasteiger partial charge in [-0.05, 0) is 42.5 Å². The van der Waals surface area contributed by atoms with Crippen molar-refractivity contribution in [3.63, 3.8) is 0 Å². The van der Waals surface area contributed by atoms with E-state index in [2.05, 4.69) is 20.8 Å². The monoisotopic (exact) mass is 364 g/mol. The molecule has 1 aromatic heterocycles. The fourth-order valence-corrected chi connectivity index (χ4v) is 2.54. The van der Waals surface area contributed by atoms with E-state index in [0.29, 0.717) is 11.4 Å². The number of benzene rings is 2. The number of hydrogen-bond donors (Lipinski definition) is 4. The Labute approximate surface area is 144 Å². The average molecular weight is 365 g/mol. The van der Waals surface area contributed by atoms with Crippen LogP contribution < -0.4 is 21.8 Å². The highest BCUT2D eigenvalue weighted by Gasteiger charge is 2.10. The summed E-state index contributed by atoms with van der Waals surface area (Å²) in [5.74, 6) is -0.586. The molecule has 0 unspecified atom stereocenters. The summed E-state index contributed by atoms with van der Waals surface area (Å²) in [6.07, 6.45) is 0. The summed E-state index contributed by atoms with van der Waals surface area (Å²) in [4.78, 5) is 23.8. The molecule has 0 amide bonds. The van der Waals surface area contributed by atoms with Crippen molar-refractivity contribution in [2.75, 3.05) is 10.6 Å². The molecule has 9 heteroatoms. The van der Waals surface area contributed by atoms with Crippen LogP contribution in [0.5, 0.6) is 0 Å². The van der Waals surface area contributed by atoms with E-state index in [4.69, 9.17) is 23.8 Å². The molecular weight excluding hydrogens is 355 g/mol. The van der Waals surface area contributed by atoms with Gasteiger partial charge in [0.05, 0.1) is 21.5 Å². The summed E-state index contributed by atoms with van der Waals surface area (Å²) in [6.45, 7) is 0. The van der Waals surface area contributed by atoms with E-state index in [0.717, 1.165) is 0 Å². The van der Waals surface area contributed by atoms with Crippen LogP contribution in [0.1, 0.15) is 0 Å². The summed E-state index contributed by atoms with van der Waals surface area (Å²) in [5.41, 5.74) is -0.145. The van der Waals surface area contributed by atoms with Crippen molar-refractivity contribution in [3.8, 4) is 0 Å². The summed E-state index contributed by atoms with van der Waals surface area (Å²) >= 11 is 10.8. The normalized spacial score (nSPS) is 10.6. The molecule has 3 aromatic rings. The zero-order valence-electron chi connectivity index (χ0n) is 11.9. The SMILES string of the molecule is O=c1[nH][nH]c(=O)c2c(NC(=S)Nc3ccc(Cl)c(F)c3)cccc12. The highest BCUT2D eigenvalue weighted by molar-refractivity contribution is 7.80. The molecule has 0 saturated heterocycles. The third kappa shape index (κ3) is 3.15. The summed E-state index contributed by atoms with van der Waals surface area (Å²) in [5, 5.41) is 10.6. The van der Waals surface area contributed by atoms with E-state index < -0.39 is 16.9 Å². The van der Waals surface area contributed by atoms with Gasteiger partial charge in [-0.25, -0.2) is 4.39 Å².